The smallest absolute Gasteiger partial charge is 0.347 e. The molecular weight excluding hydrogens is 384 g/mol. The maximum absolute atomic E-state index is 12.6. The second kappa shape index (κ2) is 8.87. The fraction of sp³-hybridized carbons (Fsp3) is 0.333. The van der Waals surface area contributed by atoms with Crippen molar-refractivity contribution in [3.63, 3.8) is 0 Å². The van der Waals surface area contributed by atoms with Crippen molar-refractivity contribution in [3.8, 4) is 5.75 Å². The molecule has 0 unspecified atom stereocenters. The maximum atomic E-state index is 12.6. The van der Waals surface area contributed by atoms with Crippen LogP contribution in [-0.4, -0.2) is 28.7 Å². The summed E-state index contributed by atoms with van der Waals surface area (Å²) in [6.07, 6.45) is 5.39. The average molecular weight is 413 g/mol. The van der Waals surface area contributed by atoms with Crippen LogP contribution in [0.25, 0.3) is 6.08 Å². The number of aryl methyl sites for hydroxylation is 4. The largest absolute Gasteiger partial charge is 0.478 e. The normalized spacial score (nSPS) is 11.7. The highest BCUT2D eigenvalue weighted by Gasteiger charge is 2.30. The minimum absolute atomic E-state index is 0.0495. The van der Waals surface area contributed by atoms with Crippen LogP contribution in [0.3, 0.4) is 0 Å². The monoisotopic (exact) mass is 412 g/mol. The molecule has 2 rings (SSSR count). The van der Waals surface area contributed by atoms with Crippen LogP contribution in [0.4, 0.5) is 0 Å². The van der Waals surface area contributed by atoms with Crippen molar-refractivity contribution >= 4 is 29.6 Å². The molecule has 0 saturated carbocycles. The van der Waals surface area contributed by atoms with Crippen LogP contribution in [0.15, 0.2) is 35.2 Å². The summed E-state index contributed by atoms with van der Waals surface area (Å²) in [6.45, 7) is 10.8. The molecule has 0 atom stereocenters. The molecule has 0 aliphatic carbocycles. The molecule has 29 heavy (non-hydrogen) atoms. The highest BCUT2D eigenvalue weighted by atomic mass is 32.2. The van der Waals surface area contributed by atoms with Gasteiger partial charge in [-0.05, 0) is 106 Å². The number of allylic oxidation sites excluding steroid dienone is 1. The molecule has 0 aliphatic rings. The van der Waals surface area contributed by atoms with Crippen molar-refractivity contribution < 1.29 is 19.4 Å². The number of carbonyl (C=O) groups excluding carboxylic acids is 1. The Morgan fingerprint density at radius 3 is 1.93 bits per heavy atom. The predicted molar refractivity (Wildman–Crippen MR) is 119 cm³/mol. The lowest BCUT2D eigenvalue weighted by Crippen LogP contribution is -2.38. The highest BCUT2D eigenvalue weighted by molar-refractivity contribution is 7.98. The molecule has 4 nitrogen and oxygen atoms in total. The Bertz CT molecular complexity index is 940. The van der Waals surface area contributed by atoms with Gasteiger partial charge < -0.3 is 9.84 Å². The van der Waals surface area contributed by atoms with Crippen molar-refractivity contribution in [1.82, 2.24) is 0 Å². The van der Waals surface area contributed by atoms with Crippen LogP contribution >= 0.6 is 11.8 Å². The van der Waals surface area contributed by atoms with E-state index in [1.807, 2.05) is 58.2 Å². The van der Waals surface area contributed by atoms with Gasteiger partial charge >= 0.3 is 5.97 Å². The van der Waals surface area contributed by atoms with E-state index in [0.717, 1.165) is 27.8 Å². The summed E-state index contributed by atoms with van der Waals surface area (Å²) in [7, 11) is 0. The van der Waals surface area contributed by atoms with E-state index in [1.165, 1.54) is 18.7 Å². The van der Waals surface area contributed by atoms with Crippen molar-refractivity contribution in [2.75, 3.05) is 6.26 Å². The van der Waals surface area contributed by atoms with Gasteiger partial charge in [-0.25, -0.2) is 4.79 Å². The summed E-state index contributed by atoms with van der Waals surface area (Å²) in [4.78, 5) is 25.2. The molecule has 0 aromatic heterocycles. The number of ether oxygens (including phenoxy) is 1. The Balaban J connectivity index is 2.27. The standard InChI is InChI=1S/C24H28O4S/c1-14-10-18(11-15(2)21(14)28-24(5,6)23(26)27)8-9-20(25)19-12-16(3)22(29-7)17(4)13-19/h8-13H,1-7H3,(H,26,27). The van der Waals surface area contributed by atoms with Crippen molar-refractivity contribution in [3.05, 3.63) is 63.7 Å². The van der Waals surface area contributed by atoms with Gasteiger partial charge in [0.15, 0.2) is 11.4 Å². The van der Waals surface area contributed by atoms with E-state index in [9.17, 15) is 14.7 Å². The van der Waals surface area contributed by atoms with Gasteiger partial charge in [0.05, 0.1) is 0 Å². The number of carboxylic acids is 1. The summed E-state index contributed by atoms with van der Waals surface area (Å²) in [5.41, 5.74) is 4.06. The first kappa shape index (κ1) is 22.8. The molecule has 0 fully saturated rings. The molecule has 0 amide bonds. The quantitative estimate of drug-likeness (QED) is 0.355. The number of hydrogen-bond donors (Lipinski definition) is 1. The molecule has 2 aromatic rings. The molecule has 0 spiro atoms. The van der Waals surface area contributed by atoms with Crippen LogP contribution in [0.2, 0.25) is 0 Å². The second-order valence-electron chi connectivity index (χ2n) is 7.74. The van der Waals surface area contributed by atoms with Crippen molar-refractivity contribution in [1.29, 1.82) is 0 Å². The van der Waals surface area contributed by atoms with E-state index < -0.39 is 11.6 Å². The van der Waals surface area contributed by atoms with Gasteiger partial charge in [0.2, 0.25) is 0 Å². The van der Waals surface area contributed by atoms with E-state index >= 15 is 0 Å². The summed E-state index contributed by atoms with van der Waals surface area (Å²) >= 11 is 1.68. The Labute approximate surface area is 177 Å². The first-order chi connectivity index (χ1) is 13.5. The molecule has 2 aromatic carbocycles. The molecule has 0 heterocycles. The number of thioether (sulfide) groups is 1. The van der Waals surface area contributed by atoms with Gasteiger partial charge in [-0.1, -0.05) is 6.08 Å². The number of aliphatic carboxylic acids is 1. The highest BCUT2D eigenvalue weighted by Crippen LogP contribution is 2.29. The van der Waals surface area contributed by atoms with Crippen molar-refractivity contribution in [2.24, 2.45) is 0 Å². The minimum Gasteiger partial charge on any atom is -0.478 e. The van der Waals surface area contributed by atoms with E-state index in [-0.39, 0.29) is 5.78 Å². The summed E-state index contributed by atoms with van der Waals surface area (Å²) in [6, 6.07) is 7.62. The lowest BCUT2D eigenvalue weighted by Gasteiger charge is -2.24. The first-order valence-corrected chi connectivity index (χ1v) is 10.6. The SMILES string of the molecule is CSc1c(C)cc(C(=O)C=Cc2cc(C)c(OC(C)(C)C(=O)O)c(C)c2)cc1C. The van der Waals surface area contributed by atoms with Crippen LogP contribution in [0.5, 0.6) is 5.75 Å². The van der Waals surface area contributed by atoms with E-state index in [1.54, 1.807) is 23.9 Å². The molecule has 0 bridgehead atoms. The topological polar surface area (TPSA) is 63.6 Å². The van der Waals surface area contributed by atoms with Gasteiger partial charge in [0.25, 0.3) is 0 Å². The van der Waals surface area contributed by atoms with Gasteiger partial charge in [-0.15, -0.1) is 11.8 Å². The van der Waals surface area contributed by atoms with Crippen LogP contribution in [-0.2, 0) is 4.79 Å². The molecule has 0 radical (unpaired) electrons. The number of hydrogen-bond acceptors (Lipinski definition) is 4. The van der Waals surface area contributed by atoms with E-state index in [2.05, 4.69) is 0 Å². The zero-order valence-corrected chi connectivity index (χ0v) is 18.9. The summed E-state index contributed by atoms with van der Waals surface area (Å²) < 4.78 is 5.73. The fourth-order valence-electron chi connectivity index (χ4n) is 3.22. The third-order valence-electron chi connectivity index (χ3n) is 4.73. The van der Waals surface area contributed by atoms with Crippen molar-refractivity contribution in [2.45, 2.75) is 52.0 Å². The molecule has 154 valence electrons. The summed E-state index contributed by atoms with van der Waals surface area (Å²) in [5, 5.41) is 9.29. The van der Waals surface area contributed by atoms with E-state index in [0.29, 0.717) is 11.3 Å². The average Bonchev–Trinajstić information content (AvgIpc) is 2.62. The maximum Gasteiger partial charge on any atom is 0.347 e. The number of rotatable bonds is 7. The van der Waals surface area contributed by atoms with Gasteiger partial charge in [-0.2, -0.15) is 0 Å². The molecule has 0 aliphatic heterocycles. The lowest BCUT2D eigenvalue weighted by molar-refractivity contribution is -0.152. The Morgan fingerprint density at radius 1 is 0.966 bits per heavy atom. The van der Waals surface area contributed by atoms with Crippen LogP contribution in [0, 0.1) is 27.7 Å². The predicted octanol–water partition coefficient (Wildman–Crippen LogP) is 5.78. The van der Waals surface area contributed by atoms with Gasteiger partial charge in [0, 0.05) is 10.5 Å². The molecular formula is C24H28O4S. The number of benzene rings is 2. The molecule has 0 saturated heterocycles. The second-order valence-corrected chi connectivity index (χ2v) is 8.56. The zero-order valence-electron chi connectivity index (χ0n) is 18.0. The Kier molecular flexibility index (Phi) is 6.96. The van der Waals surface area contributed by atoms with Gasteiger partial charge in [-0.3, -0.25) is 4.79 Å². The van der Waals surface area contributed by atoms with Gasteiger partial charge in [0.1, 0.15) is 5.75 Å². The Hall–Kier alpha value is -2.53. The van der Waals surface area contributed by atoms with E-state index in [4.69, 9.17) is 4.74 Å². The zero-order chi connectivity index (χ0) is 21.9. The number of ketones is 1. The minimum atomic E-state index is -1.32. The number of carboxylic acid groups (broad SMARTS) is 1. The number of carbonyl (C=O) groups is 2. The van der Waals surface area contributed by atoms with Crippen LogP contribution in [0.1, 0.15) is 52.0 Å². The fourth-order valence-corrected chi connectivity index (χ4v) is 3.98. The van der Waals surface area contributed by atoms with Crippen LogP contribution < -0.4 is 4.74 Å². The summed E-state index contributed by atoms with van der Waals surface area (Å²) in [5.74, 6) is -0.518. The third kappa shape index (κ3) is 5.30. The molecule has 1 N–H and O–H groups in total. The molecule has 5 heteroatoms. The Morgan fingerprint density at radius 2 is 1.48 bits per heavy atom. The lowest BCUT2D eigenvalue weighted by atomic mass is 10.0. The first-order valence-electron chi connectivity index (χ1n) is 9.37. The third-order valence-corrected chi connectivity index (χ3v) is 5.78.